The number of rotatable bonds is 6. The maximum absolute atomic E-state index is 12.3. The predicted molar refractivity (Wildman–Crippen MR) is 111 cm³/mol. The zero-order valence-electron chi connectivity index (χ0n) is 15.6. The van der Waals surface area contributed by atoms with Crippen LogP contribution in [-0.4, -0.2) is 18.7 Å². The Morgan fingerprint density at radius 3 is 2.33 bits per heavy atom. The fourth-order valence-corrected chi connectivity index (χ4v) is 2.97. The molecule has 144 valence electrons. The van der Waals surface area contributed by atoms with Gasteiger partial charge in [0.05, 0.1) is 12.6 Å². The Labute approximate surface area is 167 Å². The first kappa shape index (κ1) is 20.8. The van der Waals surface area contributed by atoms with E-state index in [1.807, 2.05) is 45.0 Å². The van der Waals surface area contributed by atoms with Crippen LogP contribution in [0.25, 0.3) is 0 Å². The van der Waals surface area contributed by atoms with Crippen molar-refractivity contribution in [1.82, 2.24) is 5.32 Å². The molecule has 0 heterocycles. The summed E-state index contributed by atoms with van der Waals surface area (Å²) in [6.45, 7) is 6.18. The Hall–Kier alpha value is -2.54. The van der Waals surface area contributed by atoms with E-state index < -0.39 is 6.09 Å². The maximum atomic E-state index is 12.3. The van der Waals surface area contributed by atoms with Gasteiger partial charge in [0, 0.05) is 15.8 Å². The van der Waals surface area contributed by atoms with E-state index in [0.717, 1.165) is 10.0 Å². The highest BCUT2D eigenvalue weighted by Crippen LogP contribution is 2.23. The van der Waals surface area contributed by atoms with Crippen molar-refractivity contribution in [3.05, 3.63) is 58.6 Å². The van der Waals surface area contributed by atoms with Crippen LogP contribution in [0, 0.1) is 5.92 Å². The molecule has 0 aromatic heterocycles. The molecule has 0 aliphatic carbocycles. The normalized spacial score (nSPS) is 11.6. The fraction of sp³-hybridized carbons (Fsp3) is 0.300. The van der Waals surface area contributed by atoms with Crippen molar-refractivity contribution in [1.29, 1.82) is 0 Å². The van der Waals surface area contributed by atoms with E-state index in [1.165, 1.54) is 0 Å². The van der Waals surface area contributed by atoms with Gasteiger partial charge in [0.2, 0.25) is 0 Å². The summed E-state index contributed by atoms with van der Waals surface area (Å²) in [5.74, 6) is 0.263. The lowest BCUT2D eigenvalue weighted by Crippen LogP contribution is -2.31. The number of nitrogens with one attached hydrogen (secondary N) is 3. The highest BCUT2D eigenvalue weighted by atomic mass is 79.9. The highest BCUT2D eigenvalue weighted by molar-refractivity contribution is 9.10. The van der Waals surface area contributed by atoms with Crippen LogP contribution in [-0.2, 0) is 4.74 Å². The third-order valence-corrected chi connectivity index (χ3v) is 4.36. The van der Waals surface area contributed by atoms with E-state index in [1.54, 1.807) is 24.3 Å². The van der Waals surface area contributed by atoms with Gasteiger partial charge in [-0.05, 0) is 42.7 Å². The van der Waals surface area contributed by atoms with Gasteiger partial charge in [0.1, 0.15) is 0 Å². The Bertz CT molecular complexity index is 796. The van der Waals surface area contributed by atoms with Crippen molar-refractivity contribution < 1.29 is 14.3 Å². The number of amides is 3. The van der Waals surface area contributed by atoms with Crippen LogP contribution in [0.5, 0.6) is 0 Å². The zero-order chi connectivity index (χ0) is 19.8. The summed E-state index contributed by atoms with van der Waals surface area (Å²) in [6, 6.07) is 14.1. The molecule has 2 aromatic rings. The van der Waals surface area contributed by atoms with E-state index in [2.05, 4.69) is 31.9 Å². The van der Waals surface area contributed by atoms with E-state index in [-0.39, 0.29) is 18.0 Å². The van der Waals surface area contributed by atoms with Crippen molar-refractivity contribution >= 4 is 39.4 Å². The molecule has 0 bridgehead atoms. The molecular weight excluding hydrogens is 410 g/mol. The number of anilines is 2. The number of carbonyl (C=O) groups excluding carboxylic acids is 2. The minimum Gasteiger partial charge on any atom is -0.449 e. The molecule has 3 amide bonds. The van der Waals surface area contributed by atoms with Gasteiger partial charge in [-0.25, -0.2) is 9.59 Å². The molecule has 2 rings (SSSR count). The highest BCUT2D eigenvalue weighted by Gasteiger charge is 2.12. The minimum atomic E-state index is -0.521. The van der Waals surface area contributed by atoms with Crippen molar-refractivity contribution in [2.75, 3.05) is 17.2 Å². The molecule has 0 fully saturated rings. The largest absolute Gasteiger partial charge is 0.449 e. The first-order valence-corrected chi connectivity index (χ1v) is 9.50. The van der Waals surface area contributed by atoms with Crippen LogP contribution in [0.4, 0.5) is 21.0 Å². The fourth-order valence-electron chi connectivity index (χ4n) is 2.34. The van der Waals surface area contributed by atoms with Gasteiger partial charge in [0.15, 0.2) is 0 Å². The third kappa shape index (κ3) is 6.94. The quantitative estimate of drug-likeness (QED) is 0.559. The SMILES string of the molecule is CC(C)COC(=O)Nc1cccc(NC(=O)NC(C)c2ccccc2Br)c1. The topological polar surface area (TPSA) is 79.5 Å². The summed E-state index contributed by atoms with van der Waals surface area (Å²) in [4.78, 5) is 24.0. The van der Waals surface area contributed by atoms with E-state index in [4.69, 9.17) is 4.74 Å². The lowest BCUT2D eigenvalue weighted by atomic mass is 10.1. The molecule has 3 N–H and O–H groups in total. The molecule has 0 saturated heterocycles. The van der Waals surface area contributed by atoms with Crippen LogP contribution in [0.1, 0.15) is 32.4 Å². The van der Waals surface area contributed by atoms with Crippen LogP contribution >= 0.6 is 15.9 Å². The van der Waals surface area contributed by atoms with E-state index >= 15 is 0 Å². The summed E-state index contributed by atoms with van der Waals surface area (Å²) in [7, 11) is 0. The Balaban J connectivity index is 1.92. The Morgan fingerprint density at radius 2 is 1.67 bits per heavy atom. The number of halogens is 1. The van der Waals surface area contributed by atoms with Crippen molar-refractivity contribution in [3.63, 3.8) is 0 Å². The molecule has 1 unspecified atom stereocenters. The summed E-state index contributed by atoms with van der Waals surface area (Å²) in [5, 5.41) is 8.30. The van der Waals surface area contributed by atoms with Gasteiger partial charge in [-0.2, -0.15) is 0 Å². The van der Waals surface area contributed by atoms with Gasteiger partial charge < -0.3 is 15.4 Å². The van der Waals surface area contributed by atoms with Crippen molar-refractivity contribution in [2.45, 2.75) is 26.8 Å². The third-order valence-electron chi connectivity index (χ3n) is 3.63. The minimum absolute atomic E-state index is 0.173. The number of urea groups is 1. The van der Waals surface area contributed by atoms with Gasteiger partial charge in [-0.15, -0.1) is 0 Å². The molecule has 0 spiro atoms. The summed E-state index contributed by atoms with van der Waals surface area (Å²) < 4.78 is 6.02. The average molecular weight is 434 g/mol. The van der Waals surface area contributed by atoms with Gasteiger partial charge in [-0.3, -0.25) is 5.32 Å². The smallest absolute Gasteiger partial charge is 0.411 e. The van der Waals surface area contributed by atoms with E-state index in [9.17, 15) is 9.59 Å². The zero-order valence-corrected chi connectivity index (χ0v) is 17.2. The maximum Gasteiger partial charge on any atom is 0.411 e. The van der Waals surface area contributed by atoms with Crippen LogP contribution in [0.3, 0.4) is 0 Å². The average Bonchev–Trinajstić information content (AvgIpc) is 2.60. The lowest BCUT2D eigenvalue weighted by molar-refractivity contribution is 0.147. The molecule has 7 heteroatoms. The predicted octanol–water partition coefficient (Wildman–Crippen LogP) is 5.54. The first-order valence-electron chi connectivity index (χ1n) is 8.71. The number of benzene rings is 2. The van der Waals surface area contributed by atoms with Crippen molar-refractivity contribution in [3.8, 4) is 0 Å². The molecule has 2 aromatic carbocycles. The molecule has 1 atom stereocenters. The number of hydrogen-bond acceptors (Lipinski definition) is 3. The number of carbonyl (C=O) groups is 2. The second kappa shape index (κ2) is 9.97. The monoisotopic (exact) mass is 433 g/mol. The number of hydrogen-bond donors (Lipinski definition) is 3. The second-order valence-electron chi connectivity index (χ2n) is 6.54. The van der Waals surface area contributed by atoms with Crippen molar-refractivity contribution in [2.24, 2.45) is 5.92 Å². The summed E-state index contributed by atoms with van der Waals surface area (Å²) in [5.41, 5.74) is 2.09. The number of ether oxygens (including phenoxy) is 1. The summed E-state index contributed by atoms with van der Waals surface area (Å²) in [6.07, 6.45) is -0.521. The molecule has 0 aliphatic heterocycles. The Kier molecular flexibility index (Phi) is 7.67. The standard InChI is InChI=1S/C20H24BrN3O3/c1-13(2)12-27-20(26)24-16-8-6-7-15(11-16)23-19(25)22-14(3)17-9-4-5-10-18(17)21/h4-11,13-14H,12H2,1-3H3,(H,24,26)(H2,22,23,25). The van der Waals surface area contributed by atoms with Gasteiger partial charge in [0.25, 0.3) is 0 Å². The molecular formula is C20H24BrN3O3. The molecule has 0 saturated carbocycles. The molecule has 0 aliphatic rings. The van der Waals surface area contributed by atoms with E-state index in [0.29, 0.717) is 18.0 Å². The van der Waals surface area contributed by atoms with Crippen LogP contribution in [0.2, 0.25) is 0 Å². The van der Waals surface area contributed by atoms with Gasteiger partial charge in [-0.1, -0.05) is 54.0 Å². The Morgan fingerprint density at radius 1 is 1.00 bits per heavy atom. The first-order chi connectivity index (χ1) is 12.8. The van der Waals surface area contributed by atoms with Crippen LogP contribution < -0.4 is 16.0 Å². The van der Waals surface area contributed by atoms with Crippen LogP contribution in [0.15, 0.2) is 53.0 Å². The summed E-state index contributed by atoms with van der Waals surface area (Å²) >= 11 is 3.48. The molecule has 27 heavy (non-hydrogen) atoms. The molecule has 0 radical (unpaired) electrons. The lowest BCUT2D eigenvalue weighted by Gasteiger charge is -2.16. The second-order valence-corrected chi connectivity index (χ2v) is 7.39. The molecule has 6 nitrogen and oxygen atoms in total. The van der Waals surface area contributed by atoms with Gasteiger partial charge >= 0.3 is 12.1 Å².